The summed E-state index contributed by atoms with van der Waals surface area (Å²) >= 11 is 1.15. The molecule has 1 aromatic rings. The summed E-state index contributed by atoms with van der Waals surface area (Å²) in [7, 11) is -1.67. The molecular weight excluding hydrogens is 370 g/mol. The minimum Gasteiger partial charge on any atom is -0.341 e. The molecule has 1 amide bonds. The van der Waals surface area contributed by atoms with Crippen LogP contribution in [0.1, 0.15) is 26.2 Å². The quantitative estimate of drug-likeness (QED) is 0.736. The first-order chi connectivity index (χ1) is 10.9. The molecule has 138 valence electrons. The van der Waals surface area contributed by atoms with Crippen LogP contribution in [0.15, 0.2) is 21.7 Å². The number of carbonyl (C=O) groups is 1. The van der Waals surface area contributed by atoms with E-state index in [1.54, 1.807) is 23.3 Å². The molecule has 9 heteroatoms. The summed E-state index contributed by atoms with van der Waals surface area (Å²) in [5.74, 6) is 0.502. The predicted molar refractivity (Wildman–Crippen MR) is 99.2 cm³/mol. The van der Waals surface area contributed by atoms with Crippen molar-refractivity contribution in [3.63, 3.8) is 0 Å². The van der Waals surface area contributed by atoms with Crippen LogP contribution in [0, 0.1) is 5.92 Å². The highest BCUT2D eigenvalue weighted by Gasteiger charge is 2.29. The highest BCUT2D eigenvalue weighted by atomic mass is 35.5. The summed E-state index contributed by atoms with van der Waals surface area (Å²) in [6.07, 6.45) is 3.09. The van der Waals surface area contributed by atoms with Crippen LogP contribution in [0.5, 0.6) is 0 Å². The van der Waals surface area contributed by atoms with Gasteiger partial charge in [-0.3, -0.25) is 4.79 Å². The van der Waals surface area contributed by atoms with Gasteiger partial charge < -0.3 is 10.2 Å². The Bertz CT molecular complexity index is 599. The summed E-state index contributed by atoms with van der Waals surface area (Å²) in [6, 6.07) is 2.48. The first-order valence-electron chi connectivity index (χ1n) is 7.93. The Balaban J connectivity index is 0.00000288. The Hall–Kier alpha value is -0.670. The van der Waals surface area contributed by atoms with E-state index in [4.69, 9.17) is 0 Å². The van der Waals surface area contributed by atoms with Gasteiger partial charge in [-0.25, -0.2) is 8.42 Å². The number of nitrogens with zero attached hydrogens (tertiary/aromatic N) is 1. The molecule has 1 atom stereocenters. The van der Waals surface area contributed by atoms with E-state index in [-0.39, 0.29) is 22.5 Å². The summed E-state index contributed by atoms with van der Waals surface area (Å²) in [5, 5.41) is 4.86. The van der Waals surface area contributed by atoms with Crippen molar-refractivity contribution in [1.29, 1.82) is 0 Å². The monoisotopic (exact) mass is 395 g/mol. The number of sulfonamides is 1. The van der Waals surface area contributed by atoms with E-state index in [9.17, 15) is 13.2 Å². The average molecular weight is 396 g/mol. The maximum atomic E-state index is 12.5. The van der Waals surface area contributed by atoms with Crippen LogP contribution in [0.3, 0.4) is 0 Å². The smallest absolute Gasteiger partial charge is 0.250 e. The number of piperidine rings is 1. The summed E-state index contributed by atoms with van der Waals surface area (Å²) in [5.41, 5.74) is 0. The molecule has 1 fully saturated rings. The molecule has 1 aliphatic rings. The molecule has 2 rings (SSSR count). The van der Waals surface area contributed by atoms with Crippen molar-refractivity contribution in [2.24, 2.45) is 5.92 Å². The van der Waals surface area contributed by atoms with Crippen LogP contribution in [-0.4, -0.2) is 51.9 Å². The van der Waals surface area contributed by atoms with Crippen molar-refractivity contribution in [1.82, 2.24) is 14.9 Å². The molecular formula is C15H26ClN3O3S2. The molecule has 0 aliphatic carbocycles. The second-order valence-corrected chi connectivity index (χ2v) is 8.82. The van der Waals surface area contributed by atoms with Gasteiger partial charge in [-0.2, -0.15) is 4.72 Å². The average Bonchev–Trinajstić information content (AvgIpc) is 3.07. The molecule has 6 nitrogen and oxygen atoms in total. The van der Waals surface area contributed by atoms with Gasteiger partial charge in [-0.05, 0) is 57.1 Å². The zero-order valence-corrected chi connectivity index (χ0v) is 16.5. The number of likely N-dealkylation sites (tertiary alicyclic amines) is 1. The van der Waals surface area contributed by atoms with Gasteiger partial charge in [0.25, 0.3) is 10.0 Å². The standard InChI is InChI=1S/C15H25N3O3S2.ClH/c1-12(17-23(20,21)14-4-3-11-22-14)15(19)18-9-6-13(7-10-18)5-8-16-2;/h3-4,11-13,16-17H,5-10H2,1-2H3;1H. The Morgan fingerprint density at radius 1 is 1.42 bits per heavy atom. The van der Waals surface area contributed by atoms with Gasteiger partial charge in [-0.15, -0.1) is 23.7 Å². The third-order valence-electron chi connectivity index (χ3n) is 4.19. The zero-order chi connectivity index (χ0) is 16.9. The lowest BCUT2D eigenvalue weighted by molar-refractivity contribution is -0.134. The van der Waals surface area contributed by atoms with E-state index in [1.165, 1.54) is 6.07 Å². The van der Waals surface area contributed by atoms with Gasteiger partial charge in [0, 0.05) is 13.1 Å². The number of thiophene rings is 1. The summed E-state index contributed by atoms with van der Waals surface area (Å²) in [4.78, 5) is 14.2. The maximum Gasteiger partial charge on any atom is 0.250 e. The third kappa shape index (κ3) is 5.70. The lowest BCUT2D eigenvalue weighted by Crippen LogP contribution is -2.49. The maximum absolute atomic E-state index is 12.5. The summed E-state index contributed by atoms with van der Waals surface area (Å²) < 4.78 is 27.1. The van der Waals surface area contributed by atoms with E-state index in [0.717, 1.165) is 37.1 Å². The first kappa shape index (κ1) is 21.4. The highest BCUT2D eigenvalue weighted by molar-refractivity contribution is 7.91. The molecule has 0 aromatic carbocycles. The van der Waals surface area contributed by atoms with Gasteiger partial charge in [0.1, 0.15) is 4.21 Å². The van der Waals surface area contributed by atoms with Crippen LogP contribution in [0.2, 0.25) is 0 Å². The topological polar surface area (TPSA) is 78.5 Å². The van der Waals surface area contributed by atoms with Gasteiger partial charge in [0.2, 0.25) is 5.91 Å². The molecule has 2 heterocycles. The first-order valence-corrected chi connectivity index (χ1v) is 10.3. The molecule has 0 saturated carbocycles. The van der Waals surface area contributed by atoms with Crippen molar-refractivity contribution in [2.75, 3.05) is 26.7 Å². The van der Waals surface area contributed by atoms with E-state index < -0.39 is 16.1 Å². The SMILES string of the molecule is CNCCC1CCN(C(=O)C(C)NS(=O)(=O)c2cccs2)CC1.Cl. The highest BCUT2D eigenvalue weighted by Crippen LogP contribution is 2.21. The Morgan fingerprint density at radius 2 is 2.08 bits per heavy atom. The molecule has 0 radical (unpaired) electrons. The third-order valence-corrected chi connectivity index (χ3v) is 7.13. The number of hydrogen-bond acceptors (Lipinski definition) is 5. The van der Waals surface area contributed by atoms with Gasteiger partial charge >= 0.3 is 0 Å². The number of hydrogen-bond donors (Lipinski definition) is 2. The molecule has 24 heavy (non-hydrogen) atoms. The van der Waals surface area contributed by atoms with Crippen molar-refractivity contribution >= 4 is 39.7 Å². The summed E-state index contributed by atoms with van der Waals surface area (Å²) in [6.45, 7) is 4.02. The van der Waals surface area contributed by atoms with E-state index >= 15 is 0 Å². The van der Waals surface area contributed by atoms with Gasteiger partial charge in [0.15, 0.2) is 0 Å². The Labute approximate surface area is 154 Å². The molecule has 1 aromatic heterocycles. The minimum absolute atomic E-state index is 0. The van der Waals surface area contributed by atoms with E-state index in [2.05, 4.69) is 10.0 Å². The fourth-order valence-corrected chi connectivity index (χ4v) is 5.03. The second-order valence-electron chi connectivity index (χ2n) is 5.94. The molecule has 2 N–H and O–H groups in total. The zero-order valence-electron chi connectivity index (χ0n) is 14.0. The van der Waals surface area contributed by atoms with E-state index in [1.807, 2.05) is 7.05 Å². The van der Waals surface area contributed by atoms with Crippen molar-refractivity contribution in [2.45, 2.75) is 36.4 Å². The van der Waals surface area contributed by atoms with Crippen LogP contribution in [0.25, 0.3) is 0 Å². The second kappa shape index (κ2) is 9.72. The fraction of sp³-hybridized carbons (Fsp3) is 0.667. The molecule has 1 saturated heterocycles. The van der Waals surface area contributed by atoms with Crippen LogP contribution < -0.4 is 10.0 Å². The molecule has 0 spiro atoms. The number of rotatable bonds is 7. The van der Waals surface area contributed by atoms with Gasteiger partial charge in [-0.1, -0.05) is 6.07 Å². The lowest BCUT2D eigenvalue weighted by atomic mass is 9.93. The number of halogens is 1. The van der Waals surface area contributed by atoms with Gasteiger partial charge in [0.05, 0.1) is 6.04 Å². The van der Waals surface area contributed by atoms with Crippen molar-refractivity contribution in [3.05, 3.63) is 17.5 Å². The Morgan fingerprint density at radius 3 is 2.62 bits per heavy atom. The lowest BCUT2D eigenvalue weighted by Gasteiger charge is -2.33. The van der Waals surface area contributed by atoms with Crippen LogP contribution >= 0.6 is 23.7 Å². The molecule has 1 unspecified atom stereocenters. The largest absolute Gasteiger partial charge is 0.341 e. The van der Waals surface area contributed by atoms with Crippen molar-refractivity contribution in [3.8, 4) is 0 Å². The molecule has 0 bridgehead atoms. The van der Waals surface area contributed by atoms with E-state index in [0.29, 0.717) is 19.0 Å². The minimum atomic E-state index is -3.61. The fourth-order valence-electron chi connectivity index (χ4n) is 2.82. The Kier molecular flexibility index (Phi) is 8.66. The normalized spacial score (nSPS) is 17.3. The predicted octanol–water partition coefficient (Wildman–Crippen LogP) is 1.68. The number of nitrogens with one attached hydrogen (secondary N) is 2. The number of amides is 1. The number of carbonyl (C=O) groups excluding carboxylic acids is 1. The van der Waals surface area contributed by atoms with Crippen LogP contribution in [-0.2, 0) is 14.8 Å². The van der Waals surface area contributed by atoms with Crippen molar-refractivity contribution < 1.29 is 13.2 Å². The van der Waals surface area contributed by atoms with Crippen LogP contribution in [0.4, 0.5) is 0 Å². The molecule has 1 aliphatic heterocycles.